The van der Waals surface area contributed by atoms with Crippen molar-refractivity contribution in [3.05, 3.63) is 64.3 Å². The van der Waals surface area contributed by atoms with Crippen molar-refractivity contribution in [2.75, 3.05) is 13.1 Å². The minimum atomic E-state index is -3.98. The minimum absolute atomic E-state index is 0.0214. The van der Waals surface area contributed by atoms with Gasteiger partial charge in [-0.2, -0.15) is 0 Å². The summed E-state index contributed by atoms with van der Waals surface area (Å²) in [5.74, 6) is -0.306. The van der Waals surface area contributed by atoms with E-state index >= 15 is 0 Å². The molecule has 4 rings (SSSR count). The molecule has 7 heteroatoms. The molecule has 5 nitrogen and oxygen atoms in total. The molecule has 0 radical (unpaired) electrons. The number of fused-ring (bicyclic) bond motifs is 1. The fourth-order valence-electron chi connectivity index (χ4n) is 3.88. The Labute approximate surface area is 175 Å². The summed E-state index contributed by atoms with van der Waals surface area (Å²) in [7, 11) is -3.98. The third-order valence-electron chi connectivity index (χ3n) is 5.18. The summed E-state index contributed by atoms with van der Waals surface area (Å²) in [6.07, 6.45) is 3.21. The van der Waals surface area contributed by atoms with Crippen LogP contribution in [0.2, 0.25) is 5.02 Å². The Kier molecular flexibility index (Phi) is 5.09. The number of benzene rings is 2. The predicted molar refractivity (Wildman–Crippen MR) is 113 cm³/mol. The highest BCUT2D eigenvalue weighted by Crippen LogP contribution is 2.34. The lowest BCUT2D eigenvalue weighted by atomic mass is 10.1. The Bertz CT molecular complexity index is 1210. The van der Waals surface area contributed by atoms with E-state index < -0.39 is 9.84 Å². The van der Waals surface area contributed by atoms with E-state index in [1.54, 1.807) is 35.2 Å². The first kappa shape index (κ1) is 19.9. The van der Waals surface area contributed by atoms with Crippen LogP contribution in [0.4, 0.5) is 0 Å². The van der Waals surface area contributed by atoms with E-state index in [-0.39, 0.29) is 21.3 Å². The molecule has 0 unspecified atom stereocenters. The second-order valence-electron chi connectivity index (χ2n) is 7.49. The molecule has 0 saturated carbocycles. The first-order valence-corrected chi connectivity index (χ1v) is 11.3. The van der Waals surface area contributed by atoms with E-state index in [0.29, 0.717) is 29.0 Å². The summed E-state index contributed by atoms with van der Waals surface area (Å²) in [4.78, 5) is 19.4. The maximum Gasteiger partial charge on any atom is 0.256 e. The van der Waals surface area contributed by atoms with Gasteiger partial charge in [-0.3, -0.25) is 9.78 Å². The van der Waals surface area contributed by atoms with Crippen LogP contribution in [0, 0.1) is 13.8 Å². The molecule has 29 heavy (non-hydrogen) atoms. The average molecular weight is 429 g/mol. The summed E-state index contributed by atoms with van der Waals surface area (Å²) in [5.41, 5.74) is 2.26. The third-order valence-corrected chi connectivity index (χ3v) is 7.25. The van der Waals surface area contributed by atoms with Crippen molar-refractivity contribution in [2.45, 2.75) is 36.5 Å². The number of carbonyl (C=O) groups is 1. The zero-order chi connectivity index (χ0) is 20.8. The van der Waals surface area contributed by atoms with Crippen molar-refractivity contribution in [1.82, 2.24) is 9.88 Å². The van der Waals surface area contributed by atoms with Gasteiger partial charge in [0.1, 0.15) is 0 Å². The number of amides is 1. The van der Waals surface area contributed by atoms with Crippen molar-refractivity contribution >= 4 is 38.2 Å². The monoisotopic (exact) mass is 428 g/mol. The Balaban J connectivity index is 2.03. The summed E-state index contributed by atoms with van der Waals surface area (Å²) < 4.78 is 27.5. The lowest BCUT2D eigenvalue weighted by Crippen LogP contribution is -2.29. The van der Waals surface area contributed by atoms with Gasteiger partial charge in [0.15, 0.2) is 0 Å². The van der Waals surface area contributed by atoms with Crippen molar-refractivity contribution in [1.29, 1.82) is 0 Å². The summed E-state index contributed by atoms with van der Waals surface area (Å²) in [5, 5.41) is 0.753. The molecule has 0 aliphatic carbocycles. The van der Waals surface area contributed by atoms with Gasteiger partial charge in [0.05, 0.1) is 20.9 Å². The predicted octanol–water partition coefficient (Wildman–Crippen LogP) is 4.57. The normalized spacial score (nSPS) is 14.5. The SMILES string of the molecule is Cc1cc(C)cc(S(=O)(=O)c2c(C(=O)N3CCCC3)cnc3ccc(Cl)cc23)c1. The topological polar surface area (TPSA) is 67.3 Å². The molecule has 150 valence electrons. The highest BCUT2D eigenvalue weighted by molar-refractivity contribution is 7.91. The number of aryl methyl sites for hydroxylation is 2. The van der Waals surface area contributed by atoms with E-state index in [2.05, 4.69) is 4.98 Å². The number of hydrogen-bond donors (Lipinski definition) is 0. The Morgan fingerprint density at radius 3 is 2.34 bits per heavy atom. The second-order valence-corrected chi connectivity index (χ2v) is 9.81. The van der Waals surface area contributed by atoms with Crippen LogP contribution in [0.5, 0.6) is 0 Å². The molecule has 0 atom stereocenters. The number of rotatable bonds is 3. The highest BCUT2D eigenvalue weighted by atomic mass is 35.5. The van der Waals surface area contributed by atoms with Gasteiger partial charge in [-0.25, -0.2) is 8.42 Å². The van der Waals surface area contributed by atoms with E-state index in [1.807, 2.05) is 19.9 Å². The Morgan fingerprint density at radius 1 is 1.03 bits per heavy atom. The zero-order valence-corrected chi connectivity index (χ0v) is 17.8. The van der Waals surface area contributed by atoms with Gasteiger partial charge >= 0.3 is 0 Å². The standard InChI is InChI=1S/C22H21ClN2O3S/c1-14-9-15(2)11-17(10-14)29(27,28)21-18-12-16(23)5-6-20(18)24-13-19(21)22(26)25-7-3-4-8-25/h5-6,9-13H,3-4,7-8H2,1-2H3. The molecule has 1 saturated heterocycles. The van der Waals surface area contributed by atoms with Crippen molar-refractivity contribution in [2.24, 2.45) is 0 Å². The number of aromatic nitrogens is 1. The van der Waals surface area contributed by atoms with E-state index in [9.17, 15) is 13.2 Å². The largest absolute Gasteiger partial charge is 0.339 e. The van der Waals surface area contributed by atoms with Crippen LogP contribution in [0.15, 0.2) is 52.4 Å². The first-order valence-electron chi connectivity index (χ1n) is 9.48. The minimum Gasteiger partial charge on any atom is -0.339 e. The van der Waals surface area contributed by atoms with Gasteiger partial charge < -0.3 is 4.90 Å². The van der Waals surface area contributed by atoms with E-state index in [4.69, 9.17) is 11.6 Å². The number of carbonyl (C=O) groups excluding carboxylic acids is 1. The van der Waals surface area contributed by atoms with Gasteiger partial charge in [0.2, 0.25) is 9.84 Å². The summed E-state index contributed by atoms with van der Waals surface area (Å²) in [6, 6.07) is 10.1. The molecule has 0 N–H and O–H groups in total. The fourth-order valence-corrected chi connectivity index (χ4v) is 5.85. The lowest BCUT2D eigenvalue weighted by molar-refractivity contribution is 0.0789. The van der Waals surface area contributed by atoms with Crippen molar-refractivity contribution in [3.8, 4) is 0 Å². The van der Waals surface area contributed by atoms with Gasteiger partial charge in [-0.05, 0) is 68.1 Å². The Morgan fingerprint density at radius 2 is 1.69 bits per heavy atom. The van der Waals surface area contributed by atoms with Gasteiger partial charge in [0, 0.05) is 29.7 Å². The molecular formula is C22H21ClN2O3S. The maximum absolute atomic E-state index is 13.8. The van der Waals surface area contributed by atoms with Crippen LogP contribution in [0.1, 0.15) is 34.3 Å². The lowest BCUT2D eigenvalue weighted by Gasteiger charge is -2.19. The third kappa shape index (κ3) is 3.63. The van der Waals surface area contributed by atoms with Gasteiger partial charge in [0.25, 0.3) is 5.91 Å². The number of likely N-dealkylation sites (tertiary alicyclic amines) is 1. The quantitative estimate of drug-likeness (QED) is 0.612. The second kappa shape index (κ2) is 7.43. The van der Waals surface area contributed by atoms with E-state index in [0.717, 1.165) is 24.0 Å². The van der Waals surface area contributed by atoms with Crippen LogP contribution >= 0.6 is 11.6 Å². The first-order chi connectivity index (χ1) is 13.8. The average Bonchev–Trinajstić information content (AvgIpc) is 3.20. The Hall–Kier alpha value is -2.44. The highest BCUT2D eigenvalue weighted by Gasteiger charge is 2.31. The number of halogens is 1. The molecule has 1 aromatic heterocycles. The number of nitrogens with zero attached hydrogens (tertiary/aromatic N) is 2. The molecule has 3 aromatic rings. The summed E-state index contributed by atoms with van der Waals surface area (Å²) >= 11 is 6.18. The molecule has 1 aliphatic rings. The van der Waals surface area contributed by atoms with Crippen molar-refractivity contribution < 1.29 is 13.2 Å². The molecule has 2 heterocycles. The molecular weight excluding hydrogens is 408 g/mol. The van der Waals surface area contributed by atoms with Gasteiger partial charge in [-0.1, -0.05) is 17.7 Å². The number of sulfone groups is 1. The van der Waals surface area contributed by atoms with Crippen LogP contribution in [0.25, 0.3) is 10.9 Å². The van der Waals surface area contributed by atoms with Crippen LogP contribution in [-0.4, -0.2) is 37.3 Å². The van der Waals surface area contributed by atoms with Crippen LogP contribution in [0.3, 0.4) is 0 Å². The van der Waals surface area contributed by atoms with Crippen LogP contribution < -0.4 is 0 Å². The maximum atomic E-state index is 13.8. The van der Waals surface area contributed by atoms with E-state index in [1.165, 1.54) is 6.20 Å². The number of hydrogen-bond acceptors (Lipinski definition) is 4. The summed E-state index contributed by atoms with van der Waals surface area (Å²) in [6.45, 7) is 4.94. The molecule has 1 fully saturated rings. The molecule has 1 amide bonds. The van der Waals surface area contributed by atoms with Crippen LogP contribution in [-0.2, 0) is 9.84 Å². The zero-order valence-electron chi connectivity index (χ0n) is 16.3. The fraction of sp³-hybridized carbons (Fsp3) is 0.273. The van der Waals surface area contributed by atoms with Gasteiger partial charge in [-0.15, -0.1) is 0 Å². The smallest absolute Gasteiger partial charge is 0.256 e. The molecule has 2 aromatic carbocycles. The van der Waals surface area contributed by atoms with Crippen molar-refractivity contribution in [3.63, 3.8) is 0 Å². The molecule has 0 bridgehead atoms. The molecule has 0 spiro atoms. The molecule has 1 aliphatic heterocycles. The number of pyridine rings is 1.